The van der Waals surface area contributed by atoms with Crippen molar-refractivity contribution in [1.29, 1.82) is 0 Å². The molecule has 0 spiro atoms. The summed E-state index contributed by atoms with van der Waals surface area (Å²) in [5, 5.41) is 4.09. The smallest absolute Gasteiger partial charge is 0.262 e. The van der Waals surface area contributed by atoms with Crippen molar-refractivity contribution >= 4 is 28.6 Å². The molecule has 0 fully saturated rings. The van der Waals surface area contributed by atoms with Gasteiger partial charge in [0, 0.05) is 6.54 Å². The van der Waals surface area contributed by atoms with E-state index in [4.69, 9.17) is 4.98 Å². The number of fused-ring (bicyclic) bond motifs is 1. The third kappa shape index (κ3) is 5.26. The number of nitrogens with zero attached hydrogens (tertiary/aromatic N) is 2. The van der Waals surface area contributed by atoms with Gasteiger partial charge in [0.05, 0.1) is 22.7 Å². The lowest BCUT2D eigenvalue weighted by Crippen LogP contribution is -2.29. The molecule has 0 aliphatic heterocycles. The monoisotopic (exact) mass is 409 g/mol. The highest BCUT2D eigenvalue weighted by Gasteiger charge is 2.18. The van der Waals surface area contributed by atoms with Gasteiger partial charge < -0.3 is 5.32 Å². The molecule has 0 aliphatic carbocycles. The van der Waals surface area contributed by atoms with Gasteiger partial charge in [-0.2, -0.15) is 0 Å². The molecule has 29 heavy (non-hydrogen) atoms. The van der Waals surface area contributed by atoms with E-state index in [-0.39, 0.29) is 23.3 Å². The van der Waals surface area contributed by atoms with E-state index in [0.29, 0.717) is 28.5 Å². The Hall–Kier alpha value is -2.60. The maximum atomic E-state index is 13.3. The summed E-state index contributed by atoms with van der Waals surface area (Å²) in [6.07, 6.45) is 0.945. The number of para-hydroxylation sites is 1. The number of carbonyl (C=O) groups excluding carboxylic acids is 1. The molecular weight excluding hydrogens is 382 g/mol. The van der Waals surface area contributed by atoms with Crippen molar-refractivity contribution in [3.05, 3.63) is 70.5 Å². The Bertz CT molecular complexity index is 1030. The Balaban J connectivity index is 1.91. The molecule has 2 aromatic carbocycles. The summed E-state index contributed by atoms with van der Waals surface area (Å²) in [5.41, 5.74) is 1.58. The van der Waals surface area contributed by atoms with Crippen LogP contribution >= 0.6 is 11.8 Å². The second kappa shape index (κ2) is 9.74. The summed E-state index contributed by atoms with van der Waals surface area (Å²) in [6, 6.07) is 17.0. The third-order valence-corrected chi connectivity index (χ3v) is 5.77. The van der Waals surface area contributed by atoms with Crippen LogP contribution in [0, 0.1) is 5.92 Å². The number of thioether (sulfide) groups is 1. The first kappa shape index (κ1) is 21.1. The SMILES string of the molecule is CC(C)CCNC(=O)CSc1nc2ccccc2c(=O)n1[C@H](C)c1ccccc1. The lowest BCUT2D eigenvalue weighted by atomic mass is 10.1. The Morgan fingerprint density at radius 3 is 2.48 bits per heavy atom. The Morgan fingerprint density at radius 1 is 1.07 bits per heavy atom. The molecule has 3 rings (SSSR count). The number of rotatable bonds is 8. The van der Waals surface area contributed by atoms with Gasteiger partial charge in [-0.05, 0) is 37.0 Å². The van der Waals surface area contributed by atoms with E-state index in [1.807, 2.05) is 55.5 Å². The number of hydrogen-bond acceptors (Lipinski definition) is 4. The highest BCUT2D eigenvalue weighted by Crippen LogP contribution is 2.24. The summed E-state index contributed by atoms with van der Waals surface area (Å²) >= 11 is 1.31. The largest absolute Gasteiger partial charge is 0.355 e. The average Bonchev–Trinajstić information content (AvgIpc) is 2.72. The summed E-state index contributed by atoms with van der Waals surface area (Å²) in [5.74, 6) is 0.726. The minimum Gasteiger partial charge on any atom is -0.355 e. The predicted molar refractivity (Wildman–Crippen MR) is 119 cm³/mol. The van der Waals surface area contributed by atoms with Crippen LogP contribution in [0.4, 0.5) is 0 Å². The maximum absolute atomic E-state index is 13.3. The van der Waals surface area contributed by atoms with Gasteiger partial charge >= 0.3 is 0 Å². The van der Waals surface area contributed by atoms with Crippen molar-refractivity contribution in [2.24, 2.45) is 5.92 Å². The Kier molecular flexibility index (Phi) is 7.09. The molecule has 1 aromatic heterocycles. The number of aromatic nitrogens is 2. The molecule has 0 saturated heterocycles. The molecule has 0 unspecified atom stereocenters. The molecule has 1 atom stereocenters. The number of amides is 1. The highest BCUT2D eigenvalue weighted by atomic mass is 32.2. The fourth-order valence-corrected chi connectivity index (χ4v) is 4.04. The molecule has 0 bridgehead atoms. The summed E-state index contributed by atoms with van der Waals surface area (Å²) in [6.45, 7) is 6.91. The van der Waals surface area contributed by atoms with Gasteiger partial charge in [-0.25, -0.2) is 4.98 Å². The maximum Gasteiger partial charge on any atom is 0.262 e. The lowest BCUT2D eigenvalue weighted by molar-refractivity contribution is -0.118. The van der Waals surface area contributed by atoms with Crippen LogP contribution in [0.15, 0.2) is 64.5 Å². The summed E-state index contributed by atoms with van der Waals surface area (Å²) in [7, 11) is 0. The first-order valence-electron chi connectivity index (χ1n) is 9.93. The van der Waals surface area contributed by atoms with Crippen molar-refractivity contribution in [2.75, 3.05) is 12.3 Å². The van der Waals surface area contributed by atoms with Gasteiger partial charge in [0.15, 0.2) is 5.16 Å². The van der Waals surface area contributed by atoms with Gasteiger partial charge in [-0.15, -0.1) is 0 Å². The van der Waals surface area contributed by atoms with Crippen molar-refractivity contribution < 1.29 is 4.79 Å². The van der Waals surface area contributed by atoms with Crippen LogP contribution in [-0.2, 0) is 4.79 Å². The Morgan fingerprint density at radius 2 is 1.76 bits per heavy atom. The molecule has 3 aromatic rings. The molecule has 5 nitrogen and oxygen atoms in total. The average molecular weight is 410 g/mol. The topological polar surface area (TPSA) is 64.0 Å². The van der Waals surface area contributed by atoms with E-state index in [9.17, 15) is 9.59 Å². The molecule has 6 heteroatoms. The van der Waals surface area contributed by atoms with Crippen molar-refractivity contribution in [1.82, 2.24) is 14.9 Å². The zero-order valence-electron chi connectivity index (χ0n) is 17.1. The molecule has 0 radical (unpaired) electrons. The molecule has 0 saturated carbocycles. The molecule has 1 amide bonds. The zero-order valence-corrected chi connectivity index (χ0v) is 17.9. The van der Waals surface area contributed by atoms with E-state index in [0.717, 1.165) is 12.0 Å². The van der Waals surface area contributed by atoms with Crippen LogP contribution in [0.2, 0.25) is 0 Å². The quantitative estimate of drug-likeness (QED) is 0.446. The number of nitrogens with one attached hydrogen (secondary N) is 1. The van der Waals surface area contributed by atoms with Crippen molar-refractivity contribution in [2.45, 2.75) is 38.4 Å². The number of benzene rings is 2. The molecule has 1 heterocycles. The predicted octanol–water partition coefficient (Wildman–Crippen LogP) is 4.26. The molecule has 0 aliphatic rings. The van der Waals surface area contributed by atoms with E-state index in [2.05, 4.69) is 19.2 Å². The van der Waals surface area contributed by atoms with Gasteiger partial charge in [0.25, 0.3) is 5.56 Å². The molecule has 1 N–H and O–H groups in total. The van der Waals surface area contributed by atoms with Gasteiger partial charge in [0.2, 0.25) is 5.91 Å². The number of hydrogen-bond donors (Lipinski definition) is 1. The van der Waals surface area contributed by atoms with E-state index < -0.39 is 0 Å². The fraction of sp³-hybridized carbons (Fsp3) is 0.348. The third-order valence-electron chi connectivity index (χ3n) is 4.82. The molecule has 152 valence electrons. The first-order valence-corrected chi connectivity index (χ1v) is 10.9. The van der Waals surface area contributed by atoms with Gasteiger partial charge in [-0.1, -0.05) is 68.1 Å². The minimum absolute atomic E-state index is 0.0445. The summed E-state index contributed by atoms with van der Waals surface area (Å²) < 4.78 is 1.70. The Labute approximate surface area is 175 Å². The highest BCUT2D eigenvalue weighted by molar-refractivity contribution is 7.99. The fourth-order valence-electron chi connectivity index (χ4n) is 3.13. The first-order chi connectivity index (χ1) is 14.0. The van der Waals surface area contributed by atoms with Crippen LogP contribution in [0.1, 0.15) is 38.8 Å². The van der Waals surface area contributed by atoms with E-state index >= 15 is 0 Å². The summed E-state index contributed by atoms with van der Waals surface area (Å²) in [4.78, 5) is 30.2. The van der Waals surface area contributed by atoms with Crippen molar-refractivity contribution in [3.8, 4) is 0 Å². The van der Waals surface area contributed by atoms with Gasteiger partial charge in [-0.3, -0.25) is 14.2 Å². The second-order valence-electron chi connectivity index (χ2n) is 7.49. The van der Waals surface area contributed by atoms with Crippen LogP contribution in [0.5, 0.6) is 0 Å². The number of carbonyl (C=O) groups is 1. The lowest BCUT2D eigenvalue weighted by Gasteiger charge is -2.20. The van der Waals surface area contributed by atoms with Crippen LogP contribution in [-0.4, -0.2) is 27.8 Å². The van der Waals surface area contributed by atoms with Gasteiger partial charge in [0.1, 0.15) is 0 Å². The van der Waals surface area contributed by atoms with Crippen LogP contribution in [0.3, 0.4) is 0 Å². The standard InChI is InChI=1S/C23H27N3O2S/c1-16(2)13-14-24-21(27)15-29-23-25-20-12-8-7-11-19(20)22(28)26(23)17(3)18-9-5-4-6-10-18/h4-12,16-17H,13-15H2,1-3H3,(H,24,27)/t17-/m1/s1. The second-order valence-corrected chi connectivity index (χ2v) is 8.44. The zero-order chi connectivity index (χ0) is 20.8. The molecular formula is C23H27N3O2S. The van der Waals surface area contributed by atoms with Crippen LogP contribution < -0.4 is 10.9 Å². The normalized spacial score (nSPS) is 12.3. The van der Waals surface area contributed by atoms with Crippen LogP contribution in [0.25, 0.3) is 10.9 Å². The van der Waals surface area contributed by atoms with E-state index in [1.54, 1.807) is 10.6 Å². The minimum atomic E-state index is -0.188. The van der Waals surface area contributed by atoms with Crippen molar-refractivity contribution in [3.63, 3.8) is 0 Å². The van der Waals surface area contributed by atoms with E-state index in [1.165, 1.54) is 11.8 Å².